The number of nitrogen functional groups attached to an aromatic ring is 1. The van der Waals surface area contributed by atoms with Crippen LogP contribution in [0.3, 0.4) is 0 Å². The Bertz CT molecular complexity index is 722. The maximum absolute atomic E-state index is 6.03. The highest BCUT2D eigenvalue weighted by Crippen LogP contribution is 2.28. The average molecular weight is 275 g/mol. The molecule has 0 heterocycles. The number of anilines is 1. The molecule has 0 aliphatic rings. The van der Waals surface area contributed by atoms with Crippen molar-refractivity contribution >= 4 is 5.69 Å². The zero-order chi connectivity index (χ0) is 14.5. The average Bonchev–Trinajstić information content (AvgIpc) is 2.55. The minimum absolute atomic E-state index is 0.564. The van der Waals surface area contributed by atoms with E-state index in [1.807, 2.05) is 66.7 Å². The second-order valence-corrected chi connectivity index (χ2v) is 4.89. The van der Waals surface area contributed by atoms with E-state index in [4.69, 9.17) is 10.5 Å². The third kappa shape index (κ3) is 3.23. The van der Waals surface area contributed by atoms with Gasteiger partial charge in [0.2, 0.25) is 0 Å². The van der Waals surface area contributed by atoms with Gasteiger partial charge in [-0.2, -0.15) is 0 Å². The molecule has 0 aliphatic heterocycles. The second kappa shape index (κ2) is 6.14. The number of benzene rings is 3. The van der Waals surface area contributed by atoms with Crippen LogP contribution in [0.25, 0.3) is 11.1 Å². The minimum Gasteiger partial charge on any atom is -0.489 e. The van der Waals surface area contributed by atoms with Gasteiger partial charge in [-0.25, -0.2) is 0 Å². The third-order valence-corrected chi connectivity index (χ3v) is 3.35. The fourth-order valence-electron chi connectivity index (χ4n) is 2.25. The molecule has 3 rings (SSSR count). The van der Waals surface area contributed by atoms with Crippen LogP contribution >= 0.6 is 0 Å². The molecule has 0 atom stereocenters. The van der Waals surface area contributed by atoms with Crippen molar-refractivity contribution in [3.63, 3.8) is 0 Å². The van der Waals surface area contributed by atoms with Gasteiger partial charge in [-0.1, -0.05) is 60.7 Å². The van der Waals surface area contributed by atoms with E-state index in [9.17, 15) is 0 Å². The molecule has 3 aromatic rings. The number of para-hydroxylation sites is 1. The summed E-state index contributed by atoms with van der Waals surface area (Å²) in [6.07, 6.45) is 0. The quantitative estimate of drug-likeness (QED) is 0.711. The molecule has 0 amide bonds. The van der Waals surface area contributed by atoms with Crippen molar-refractivity contribution in [2.45, 2.75) is 6.61 Å². The van der Waals surface area contributed by atoms with Crippen molar-refractivity contribution in [3.8, 4) is 16.9 Å². The van der Waals surface area contributed by atoms with Crippen LogP contribution in [0.2, 0.25) is 0 Å². The fourth-order valence-corrected chi connectivity index (χ4v) is 2.25. The summed E-state index contributed by atoms with van der Waals surface area (Å²) in [5.74, 6) is 0.847. The lowest BCUT2D eigenvalue weighted by Gasteiger charge is -2.09. The van der Waals surface area contributed by atoms with Gasteiger partial charge in [0, 0.05) is 11.3 Å². The fraction of sp³-hybridized carbons (Fsp3) is 0.0526. The van der Waals surface area contributed by atoms with Crippen molar-refractivity contribution in [2.75, 3.05) is 5.73 Å². The van der Waals surface area contributed by atoms with E-state index in [1.54, 1.807) is 0 Å². The smallest absolute Gasteiger partial charge is 0.120 e. The summed E-state index contributed by atoms with van der Waals surface area (Å²) >= 11 is 0. The van der Waals surface area contributed by atoms with E-state index in [-0.39, 0.29) is 0 Å². The molecule has 2 N–H and O–H groups in total. The first-order valence-electron chi connectivity index (χ1n) is 6.94. The van der Waals surface area contributed by atoms with Crippen LogP contribution in [0, 0.1) is 0 Å². The minimum atomic E-state index is 0.564. The molecule has 0 fully saturated rings. The molecule has 0 aromatic heterocycles. The lowest BCUT2D eigenvalue weighted by Crippen LogP contribution is -1.95. The number of hydrogen-bond donors (Lipinski definition) is 1. The summed E-state index contributed by atoms with van der Waals surface area (Å²) in [7, 11) is 0. The first kappa shape index (κ1) is 13.3. The Hall–Kier alpha value is -2.74. The molecule has 0 saturated carbocycles. The Morgan fingerprint density at radius 2 is 1.52 bits per heavy atom. The summed E-state index contributed by atoms with van der Waals surface area (Å²) in [4.78, 5) is 0. The van der Waals surface area contributed by atoms with Gasteiger partial charge in [0.15, 0.2) is 0 Å². The van der Waals surface area contributed by atoms with Gasteiger partial charge in [0.25, 0.3) is 0 Å². The first-order chi connectivity index (χ1) is 10.3. The molecule has 3 aromatic carbocycles. The maximum Gasteiger partial charge on any atom is 0.120 e. The Balaban J connectivity index is 1.79. The lowest BCUT2D eigenvalue weighted by molar-refractivity contribution is 0.306. The van der Waals surface area contributed by atoms with Gasteiger partial charge in [-0.15, -0.1) is 0 Å². The Labute approximate surface area is 124 Å². The molecule has 0 spiro atoms. The third-order valence-electron chi connectivity index (χ3n) is 3.35. The molecule has 0 aliphatic carbocycles. The molecule has 0 unspecified atom stereocenters. The lowest BCUT2D eigenvalue weighted by atomic mass is 10.0. The van der Waals surface area contributed by atoms with Gasteiger partial charge in [-0.3, -0.25) is 0 Å². The van der Waals surface area contributed by atoms with Crippen molar-refractivity contribution < 1.29 is 4.74 Å². The number of nitrogens with two attached hydrogens (primary N) is 1. The van der Waals surface area contributed by atoms with Gasteiger partial charge >= 0.3 is 0 Å². The molecular weight excluding hydrogens is 258 g/mol. The Kier molecular flexibility index (Phi) is 3.88. The van der Waals surface area contributed by atoms with Crippen LogP contribution in [0.4, 0.5) is 5.69 Å². The van der Waals surface area contributed by atoms with Gasteiger partial charge in [0.05, 0.1) is 0 Å². The molecular formula is C19H17NO. The Morgan fingerprint density at radius 3 is 2.33 bits per heavy atom. The second-order valence-electron chi connectivity index (χ2n) is 4.89. The molecule has 2 heteroatoms. The molecule has 0 saturated heterocycles. The van der Waals surface area contributed by atoms with Crippen LogP contribution in [0.5, 0.6) is 5.75 Å². The first-order valence-corrected chi connectivity index (χ1v) is 6.94. The summed E-state index contributed by atoms with van der Waals surface area (Å²) in [6, 6.07) is 26.0. The normalized spacial score (nSPS) is 10.3. The van der Waals surface area contributed by atoms with Crippen LogP contribution in [0.1, 0.15) is 5.56 Å². The zero-order valence-electron chi connectivity index (χ0n) is 11.7. The van der Waals surface area contributed by atoms with Crippen molar-refractivity contribution in [1.29, 1.82) is 0 Å². The molecule has 0 bridgehead atoms. The zero-order valence-corrected chi connectivity index (χ0v) is 11.7. The maximum atomic E-state index is 6.03. The highest BCUT2D eigenvalue weighted by Gasteiger charge is 2.03. The molecule has 0 radical (unpaired) electrons. The monoisotopic (exact) mass is 275 g/mol. The van der Waals surface area contributed by atoms with Gasteiger partial charge in [0.1, 0.15) is 12.4 Å². The van der Waals surface area contributed by atoms with Crippen LogP contribution < -0.4 is 10.5 Å². The van der Waals surface area contributed by atoms with E-state index >= 15 is 0 Å². The van der Waals surface area contributed by atoms with Crippen molar-refractivity contribution in [3.05, 3.63) is 84.4 Å². The van der Waals surface area contributed by atoms with Gasteiger partial charge < -0.3 is 10.5 Å². The standard InChI is InChI=1S/C19H17NO/c20-19-12-5-4-11-18(19)16-9-6-10-17(13-16)21-14-15-7-2-1-3-8-15/h1-13H,14,20H2. The number of ether oxygens (including phenoxy) is 1. The van der Waals surface area contributed by atoms with E-state index in [0.717, 1.165) is 28.1 Å². The number of hydrogen-bond acceptors (Lipinski definition) is 2. The summed E-state index contributed by atoms with van der Waals surface area (Å²) in [5.41, 5.74) is 10.1. The molecule has 21 heavy (non-hydrogen) atoms. The van der Waals surface area contributed by atoms with E-state index in [1.165, 1.54) is 0 Å². The number of rotatable bonds is 4. The van der Waals surface area contributed by atoms with Crippen LogP contribution in [0.15, 0.2) is 78.9 Å². The predicted molar refractivity (Wildman–Crippen MR) is 87.1 cm³/mol. The van der Waals surface area contributed by atoms with E-state index in [2.05, 4.69) is 12.1 Å². The van der Waals surface area contributed by atoms with Crippen LogP contribution in [-0.2, 0) is 6.61 Å². The largest absolute Gasteiger partial charge is 0.489 e. The highest BCUT2D eigenvalue weighted by atomic mass is 16.5. The van der Waals surface area contributed by atoms with Crippen molar-refractivity contribution in [1.82, 2.24) is 0 Å². The Morgan fingerprint density at radius 1 is 0.762 bits per heavy atom. The topological polar surface area (TPSA) is 35.2 Å². The van der Waals surface area contributed by atoms with Crippen molar-refractivity contribution in [2.24, 2.45) is 0 Å². The van der Waals surface area contributed by atoms with Crippen LogP contribution in [-0.4, -0.2) is 0 Å². The molecule has 104 valence electrons. The van der Waals surface area contributed by atoms with Gasteiger partial charge in [-0.05, 0) is 29.3 Å². The molecule has 2 nitrogen and oxygen atoms in total. The SMILES string of the molecule is Nc1ccccc1-c1cccc(OCc2ccccc2)c1. The summed E-state index contributed by atoms with van der Waals surface area (Å²) < 4.78 is 5.85. The van der Waals surface area contributed by atoms with E-state index in [0.29, 0.717) is 6.61 Å². The summed E-state index contributed by atoms with van der Waals surface area (Å²) in [6.45, 7) is 0.564. The summed E-state index contributed by atoms with van der Waals surface area (Å²) in [5, 5.41) is 0. The van der Waals surface area contributed by atoms with E-state index < -0.39 is 0 Å². The predicted octanol–water partition coefficient (Wildman–Crippen LogP) is 4.51. The highest BCUT2D eigenvalue weighted by molar-refractivity contribution is 5.76.